The Morgan fingerprint density at radius 1 is 0.903 bits per heavy atom. The number of carbonyl (C=O) groups is 1. The van der Waals surface area contributed by atoms with Gasteiger partial charge in [0, 0.05) is 6.07 Å². The number of fused-ring (bicyclic) bond motifs is 1. The van der Waals surface area contributed by atoms with Crippen LogP contribution < -0.4 is 14.9 Å². The second kappa shape index (κ2) is 8.75. The standard InChI is InChI=1S/C25H20O6/c1-28-19-9-7-17(8-10-19)22-15-31-23-13-20(11-12-21(23)24(22)26)30-14-16-3-5-18(6-4-16)25(27)29-2/h3-13,15H,14H2,1-2H3. The minimum absolute atomic E-state index is 0.114. The number of benzene rings is 3. The van der Waals surface area contributed by atoms with Crippen LogP contribution in [0.2, 0.25) is 0 Å². The van der Waals surface area contributed by atoms with Gasteiger partial charge < -0.3 is 18.6 Å². The van der Waals surface area contributed by atoms with Gasteiger partial charge in [-0.3, -0.25) is 4.79 Å². The van der Waals surface area contributed by atoms with E-state index in [1.807, 2.05) is 12.1 Å². The molecule has 1 aromatic heterocycles. The van der Waals surface area contributed by atoms with E-state index in [0.29, 0.717) is 34.5 Å². The zero-order valence-electron chi connectivity index (χ0n) is 17.1. The van der Waals surface area contributed by atoms with Crippen molar-refractivity contribution in [2.45, 2.75) is 6.61 Å². The SMILES string of the molecule is COC(=O)c1ccc(COc2ccc3c(=O)c(-c4ccc(OC)cc4)coc3c2)cc1. The fourth-order valence-electron chi connectivity index (χ4n) is 3.19. The summed E-state index contributed by atoms with van der Waals surface area (Å²) in [6.07, 6.45) is 1.46. The van der Waals surface area contributed by atoms with E-state index in [4.69, 9.17) is 18.6 Å². The smallest absolute Gasteiger partial charge is 0.337 e. The van der Waals surface area contributed by atoms with Crippen molar-refractivity contribution < 1.29 is 23.4 Å². The quantitative estimate of drug-likeness (QED) is 0.419. The van der Waals surface area contributed by atoms with Crippen LogP contribution in [-0.4, -0.2) is 20.2 Å². The van der Waals surface area contributed by atoms with E-state index in [2.05, 4.69) is 0 Å². The van der Waals surface area contributed by atoms with Crippen molar-refractivity contribution in [3.8, 4) is 22.6 Å². The van der Waals surface area contributed by atoms with Crippen LogP contribution in [0.3, 0.4) is 0 Å². The van der Waals surface area contributed by atoms with Gasteiger partial charge in [0.05, 0.1) is 30.7 Å². The fraction of sp³-hybridized carbons (Fsp3) is 0.120. The molecular formula is C25H20O6. The van der Waals surface area contributed by atoms with Crippen molar-refractivity contribution in [2.24, 2.45) is 0 Å². The van der Waals surface area contributed by atoms with Gasteiger partial charge in [-0.1, -0.05) is 24.3 Å². The number of esters is 1. The van der Waals surface area contributed by atoms with Gasteiger partial charge in [-0.05, 0) is 47.5 Å². The van der Waals surface area contributed by atoms with Crippen molar-refractivity contribution in [2.75, 3.05) is 14.2 Å². The van der Waals surface area contributed by atoms with Gasteiger partial charge in [-0.25, -0.2) is 4.79 Å². The summed E-state index contributed by atoms with van der Waals surface area (Å²) in [5, 5.41) is 0.475. The Labute approximate surface area is 178 Å². The first-order chi connectivity index (χ1) is 15.1. The molecule has 4 aromatic rings. The van der Waals surface area contributed by atoms with Gasteiger partial charge in [0.1, 0.15) is 30.0 Å². The summed E-state index contributed by atoms with van der Waals surface area (Å²) in [6.45, 7) is 0.307. The Balaban J connectivity index is 1.53. The molecule has 6 nitrogen and oxygen atoms in total. The molecule has 0 amide bonds. The van der Waals surface area contributed by atoms with Crippen molar-refractivity contribution in [1.29, 1.82) is 0 Å². The lowest BCUT2D eigenvalue weighted by molar-refractivity contribution is 0.0600. The molecule has 0 unspecified atom stereocenters. The maximum Gasteiger partial charge on any atom is 0.337 e. The molecule has 0 N–H and O–H groups in total. The molecule has 0 aliphatic heterocycles. The van der Waals surface area contributed by atoms with Crippen LogP contribution in [-0.2, 0) is 11.3 Å². The minimum Gasteiger partial charge on any atom is -0.497 e. The zero-order chi connectivity index (χ0) is 21.8. The molecule has 0 spiro atoms. The summed E-state index contributed by atoms with van der Waals surface area (Å²) >= 11 is 0. The molecule has 156 valence electrons. The summed E-state index contributed by atoms with van der Waals surface area (Å²) in [4.78, 5) is 24.4. The van der Waals surface area contributed by atoms with Gasteiger partial charge in [0.25, 0.3) is 0 Å². The largest absolute Gasteiger partial charge is 0.497 e. The molecule has 3 aromatic carbocycles. The van der Waals surface area contributed by atoms with Gasteiger partial charge in [0.15, 0.2) is 5.43 Å². The van der Waals surface area contributed by atoms with Crippen molar-refractivity contribution in [3.05, 3.63) is 94.3 Å². The van der Waals surface area contributed by atoms with E-state index in [-0.39, 0.29) is 11.4 Å². The van der Waals surface area contributed by atoms with Crippen molar-refractivity contribution in [3.63, 3.8) is 0 Å². The molecule has 0 fully saturated rings. The Morgan fingerprint density at radius 2 is 1.61 bits per heavy atom. The van der Waals surface area contributed by atoms with Crippen LogP contribution in [0, 0.1) is 0 Å². The highest BCUT2D eigenvalue weighted by Crippen LogP contribution is 2.25. The predicted octanol–water partition coefficient (Wildman–Crippen LogP) is 4.83. The van der Waals surface area contributed by atoms with Crippen LogP contribution in [0.15, 0.2) is 82.2 Å². The molecule has 0 radical (unpaired) electrons. The summed E-state index contributed by atoms with van der Waals surface area (Å²) in [5.41, 5.74) is 2.94. The first-order valence-corrected chi connectivity index (χ1v) is 9.59. The highest BCUT2D eigenvalue weighted by Gasteiger charge is 2.11. The highest BCUT2D eigenvalue weighted by atomic mass is 16.5. The number of ether oxygens (including phenoxy) is 3. The number of carbonyl (C=O) groups excluding carboxylic acids is 1. The molecule has 0 bridgehead atoms. The number of rotatable bonds is 6. The Kier molecular flexibility index (Phi) is 5.71. The second-order valence-electron chi connectivity index (χ2n) is 6.84. The van der Waals surface area contributed by atoms with E-state index < -0.39 is 0 Å². The fourth-order valence-corrected chi connectivity index (χ4v) is 3.19. The third-order valence-electron chi connectivity index (χ3n) is 4.93. The third-order valence-corrected chi connectivity index (χ3v) is 4.93. The molecule has 0 saturated carbocycles. The number of hydrogen-bond donors (Lipinski definition) is 0. The number of hydrogen-bond acceptors (Lipinski definition) is 6. The van der Waals surface area contributed by atoms with Crippen LogP contribution in [0.25, 0.3) is 22.1 Å². The minimum atomic E-state index is -0.383. The van der Waals surface area contributed by atoms with E-state index in [0.717, 1.165) is 16.9 Å². The average molecular weight is 416 g/mol. The first-order valence-electron chi connectivity index (χ1n) is 9.59. The highest BCUT2D eigenvalue weighted by molar-refractivity contribution is 5.89. The average Bonchev–Trinajstić information content (AvgIpc) is 2.83. The van der Waals surface area contributed by atoms with Crippen LogP contribution in [0.1, 0.15) is 15.9 Å². The summed E-state index contributed by atoms with van der Waals surface area (Å²) in [7, 11) is 2.94. The van der Waals surface area contributed by atoms with Crippen LogP contribution in [0.4, 0.5) is 0 Å². The topological polar surface area (TPSA) is 75.0 Å². The first kappa shape index (κ1) is 20.2. The zero-order valence-corrected chi connectivity index (χ0v) is 17.1. The molecule has 1 heterocycles. The summed E-state index contributed by atoms with van der Waals surface area (Å²) in [6, 6.07) is 19.3. The normalized spacial score (nSPS) is 10.6. The van der Waals surface area contributed by atoms with Gasteiger partial charge in [-0.15, -0.1) is 0 Å². The van der Waals surface area contributed by atoms with E-state index >= 15 is 0 Å². The van der Waals surface area contributed by atoms with E-state index in [9.17, 15) is 9.59 Å². The van der Waals surface area contributed by atoms with Gasteiger partial charge in [-0.2, -0.15) is 0 Å². The molecule has 31 heavy (non-hydrogen) atoms. The molecule has 0 saturated heterocycles. The Bertz CT molecular complexity index is 1270. The van der Waals surface area contributed by atoms with Gasteiger partial charge in [0.2, 0.25) is 0 Å². The lowest BCUT2D eigenvalue weighted by Crippen LogP contribution is -2.05. The summed E-state index contributed by atoms with van der Waals surface area (Å²) < 4.78 is 21.4. The monoisotopic (exact) mass is 416 g/mol. The summed E-state index contributed by atoms with van der Waals surface area (Å²) in [5.74, 6) is 0.909. The maximum atomic E-state index is 12.9. The molecule has 0 aliphatic carbocycles. The third kappa shape index (κ3) is 4.28. The lowest BCUT2D eigenvalue weighted by atomic mass is 10.1. The molecular weight excluding hydrogens is 396 g/mol. The van der Waals surface area contributed by atoms with E-state index in [1.54, 1.807) is 61.7 Å². The molecule has 4 rings (SSSR count). The van der Waals surface area contributed by atoms with E-state index in [1.165, 1.54) is 13.4 Å². The Morgan fingerprint density at radius 3 is 2.29 bits per heavy atom. The predicted molar refractivity (Wildman–Crippen MR) is 117 cm³/mol. The number of methoxy groups -OCH3 is 2. The lowest BCUT2D eigenvalue weighted by Gasteiger charge is -2.08. The van der Waals surface area contributed by atoms with Crippen LogP contribution >= 0.6 is 0 Å². The molecule has 6 heteroatoms. The van der Waals surface area contributed by atoms with Crippen molar-refractivity contribution in [1.82, 2.24) is 0 Å². The van der Waals surface area contributed by atoms with Crippen LogP contribution in [0.5, 0.6) is 11.5 Å². The van der Waals surface area contributed by atoms with Crippen molar-refractivity contribution >= 4 is 16.9 Å². The van der Waals surface area contributed by atoms with Gasteiger partial charge >= 0.3 is 5.97 Å². The maximum absolute atomic E-state index is 12.9. The molecule has 0 aliphatic rings. The Hall–Kier alpha value is -4.06. The molecule has 0 atom stereocenters. The second-order valence-corrected chi connectivity index (χ2v) is 6.84.